The Hall–Kier alpha value is -1.83. The Morgan fingerprint density at radius 3 is 2.21 bits per heavy atom. The van der Waals surface area contributed by atoms with Gasteiger partial charge in [0, 0.05) is 39.6 Å². The molecule has 1 heterocycles. The summed E-state index contributed by atoms with van der Waals surface area (Å²) in [5, 5.41) is 11.2. The predicted molar refractivity (Wildman–Crippen MR) is 67.5 cm³/mol. The smallest absolute Gasteiger partial charge is 0.320 e. The molecule has 3 amide bonds. The van der Waals surface area contributed by atoms with Crippen LogP contribution in [-0.2, 0) is 9.59 Å². The first kappa shape index (κ1) is 15.2. The van der Waals surface area contributed by atoms with Gasteiger partial charge in [-0.2, -0.15) is 0 Å². The molecule has 1 atom stereocenters. The molecule has 8 nitrogen and oxygen atoms in total. The average Bonchev–Trinajstić information content (AvgIpc) is 2.38. The minimum absolute atomic E-state index is 0.00694. The molecule has 0 aromatic carbocycles. The van der Waals surface area contributed by atoms with E-state index in [1.165, 1.54) is 6.92 Å². The Labute approximate surface area is 111 Å². The highest BCUT2D eigenvalue weighted by Crippen LogP contribution is 2.02. The van der Waals surface area contributed by atoms with E-state index in [-0.39, 0.29) is 24.9 Å². The van der Waals surface area contributed by atoms with Crippen LogP contribution >= 0.6 is 0 Å². The van der Waals surface area contributed by atoms with E-state index in [0.29, 0.717) is 26.2 Å². The molecule has 0 bridgehead atoms. The predicted octanol–water partition coefficient (Wildman–Crippen LogP) is -1.34. The van der Waals surface area contributed by atoms with Crippen molar-refractivity contribution in [3.05, 3.63) is 0 Å². The fraction of sp³-hybridized carbons (Fsp3) is 0.727. The number of nitrogens with two attached hydrogens (primary N) is 1. The molecule has 0 spiro atoms. The van der Waals surface area contributed by atoms with E-state index in [2.05, 4.69) is 5.32 Å². The molecule has 0 saturated carbocycles. The molecule has 0 aromatic heterocycles. The van der Waals surface area contributed by atoms with Crippen molar-refractivity contribution >= 4 is 17.9 Å². The molecule has 1 rings (SSSR count). The van der Waals surface area contributed by atoms with Crippen molar-refractivity contribution in [3.63, 3.8) is 0 Å². The maximum Gasteiger partial charge on any atom is 0.320 e. The van der Waals surface area contributed by atoms with Gasteiger partial charge in [0.1, 0.15) is 6.04 Å². The lowest BCUT2D eigenvalue weighted by molar-refractivity contribution is -0.138. The maximum atomic E-state index is 11.7. The first-order valence-corrected chi connectivity index (χ1v) is 6.18. The second-order valence-electron chi connectivity index (χ2n) is 4.46. The third-order valence-electron chi connectivity index (χ3n) is 3.06. The highest BCUT2D eigenvalue weighted by atomic mass is 16.4. The fourth-order valence-electron chi connectivity index (χ4n) is 1.79. The number of nitrogens with zero attached hydrogens (tertiary/aromatic N) is 2. The average molecular weight is 272 g/mol. The second kappa shape index (κ2) is 6.93. The van der Waals surface area contributed by atoms with Crippen LogP contribution in [-0.4, -0.2) is 71.6 Å². The minimum Gasteiger partial charge on any atom is -0.480 e. The molecule has 1 saturated heterocycles. The Bertz CT molecular complexity index is 353. The normalized spacial score (nSPS) is 16.9. The van der Waals surface area contributed by atoms with Gasteiger partial charge in [0.25, 0.3) is 0 Å². The molecule has 0 unspecified atom stereocenters. The van der Waals surface area contributed by atoms with Crippen LogP contribution in [0.15, 0.2) is 0 Å². The Kier molecular flexibility index (Phi) is 5.56. The quantitative estimate of drug-likeness (QED) is 0.586. The van der Waals surface area contributed by atoms with E-state index >= 15 is 0 Å². The molecule has 1 aliphatic rings. The molecule has 108 valence electrons. The molecule has 0 aliphatic carbocycles. The van der Waals surface area contributed by atoms with Gasteiger partial charge in [-0.05, 0) is 6.42 Å². The van der Waals surface area contributed by atoms with Crippen LogP contribution in [0.5, 0.6) is 0 Å². The number of amides is 3. The summed E-state index contributed by atoms with van der Waals surface area (Å²) in [6, 6.07) is -1.21. The Morgan fingerprint density at radius 1 is 1.21 bits per heavy atom. The first-order valence-electron chi connectivity index (χ1n) is 6.18. The highest BCUT2D eigenvalue weighted by molar-refractivity contribution is 5.76. The highest BCUT2D eigenvalue weighted by Gasteiger charge is 2.22. The van der Waals surface area contributed by atoms with Crippen molar-refractivity contribution in [2.24, 2.45) is 5.73 Å². The largest absolute Gasteiger partial charge is 0.480 e. The van der Waals surface area contributed by atoms with E-state index in [1.54, 1.807) is 9.80 Å². The zero-order valence-corrected chi connectivity index (χ0v) is 11.0. The molecule has 8 heteroatoms. The maximum absolute atomic E-state index is 11.7. The standard InChI is InChI=1S/C11H20N4O4/c1-8(16)14-4-6-15(7-5-14)11(19)13-3-2-9(12)10(17)18/h9H,2-7,12H2,1H3,(H,13,19)(H,17,18)/t9-/m0/s1. The van der Waals surface area contributed by atoms with Crippen molar-refractivity contribution in [3.8, 4) is 0 Å². The third kappa shape index (κ3) is 4.74. The molecular formula is C11H20N4O4. The molecule has 1 fully saturated rings. The van der Waals surface area contributed by atoms with Gasteiger partial charge in [-0.25, -0.2) is 4.79 Å². The zero-order valence-electron chi connectivity index (χ0n) is 11.0. The number of nitrogens with one attached hydrogen (secondary N) is 1. The number of rotatable bonds is 4. The van der Waals surface area contributed by atoms with Crippen LogP contribution in [0, 0.1) is 0 Å². The lowest BCUT2D eigenvalue weighted by Gasteiger charge is -2.34. The van der Waals surface area contributed by atoms with Crippen LogP contribution in [0.3, 0.4) is 0 Å². The molecule has 19 heavy (non-hydrogen) atoms. The van der Waals surface area contributed by atoms with E-state index in [0.717, 1.165) is 0 Å². The van der Waals surface area contributed by atoms with Gasteiger partial charge in [0.2, 0.25) is 5.91 Å². The number of carboxylic acids is 1. The Morgan fingerprint density at radius 2 is 1.74 bits per heavy atom. The molecule has 0 aromatic rings. The SMILES string of the molecule is CC(=O)N1CCN(C(=O)NCC[C@H](N)C(=O)O)CC1. The van der Waals surface area contributed by atoms with Crippen molar-refractivity contribution < 1.29 is 19.5 Å². The van der Waals surface area contributed by atoms with Crippen LogP contribution in [0.4, 0.5) is 4.79 Å². The number of carbonyl (C=O) groups excluding carboxylic acids is 2. The summed E-state index contributed by atoms with van der Waals surface area (Å²) < 4.78 is 0. The van der Waals surface area contributed by atoms with E-state index in [4.69, 9.17) is 10.8 Å². The minimum atomic E-state index is -1.08. The van der Waals surface area contributed by atoms with Crippen LogP contribution < -0.4 is 11.1 Å². The van der Waals surface area contributed by atoms with Gasteiger partial charge >= 0.3 is 12.0 Å². The van der Waals surface area contributed by atoms with E-state index in [1.807, 2.05) is 0 Å². The molecule has 1 aliphatic heterocycles. The van der Waals surface area contributed by atoms with Crippen molar-refractivity contribution in [1.29, 1.82) is 0 Å². The first-order chi connectivity index (χ1) is 8.91. The number of carbonyl (C=O) groups is 3. The number of aliphatic carboxylic acids is 1. The zero-order chi connectivity index (χ0) is 14.4. The van der Waals surface area contributed by atoms with Gasteiger partial charge < -0.3 is 26.0 Å². The van der Waals surface area contributed by atoms with Crippen LogP contribution in [0.25, 0.3) is 0 Å². The van der Waals surface area contributed by atoms with Crippen LogP contribution in [0.2, 0.25) is 0 Å². The molecular weight excluding hydrogens is 252 g/mol. The summed E-state index contributed by atoms with van der Waals surface area (Å²) >= 11 is 0. The lowest BCUT2D eigenvalue weighted by atomic mass is 10.2. The summed E-state index contributed by atoms with van der Waals surface area (Å²) in [7, 11) is 0. The monoisotopic (exact) mass is 272 g/mol. The molecule has 0 radical (unpaired) electrons. The number of hydrogen-bond donors (Lipinski definition) is 3. The van der Waals surface area contributed by atoms with Gasteiger partial charge in [-0.15, -0.1) is 0 Å². The van der Waals surface area contributed by atoms with Crippen molar-refractivity contribution in [2.45, 2.75) is 19.4 Å². The summed E-state index contributed by atoms with van der Waals surface area (Å²) in [5.74, 6) is -1.07. The van der Waals surface area contributed by atoms with E-state index in [9.17, 15) is 14.4 Å². The van der Waals surface area contributed by atoms with E-state index < -0.39 is 12.0 Å². The summed E-state index contributed by atoms with van der Waals surface area (Å²) in [6.07, 6.45) is 0.189. The fourth-order valence-corrected chi connectivity index (χ4v) is 1.79. The summed E-state index contributed by atoms with van der Waals surface area (Å²) in [5.41, 5.74) is 5.32. The third-order valence-corrected chi connectivity index (χ3v) is 3.06. The number of piperazine rings is 1. The summed E-state index contributed by atoms with van der Waals surface area (Å²) in [6.45, 7) is 3.74. The van der Waals surface area contributed by atoms with Gasteiger partial charge in [-0.3, -0.25) is 9.59 Å². The topological polar surface area (TPSA) is 116 Å². The molecule has 4 N–H and O–H groups in total. The summed E-state index contributed by atoms with van der Waals surface area (Å²) in [4.78, 5) is 36.7. The van der Waals surface area contributed by atoms with Gasteiger partial charge in [0.15, 0.2) is 0 Å². The van der Waals surface area contributed by atoms with Gasteiger partial charge in [-0.1, -0.05) is 0 Å². The second-order valence-corrected chi connectivity index (χ2v) is 4.46. The number of carboxylic acid groups (broad SMARTS) is 1. The number of hydrogen-bond acceptors (Lipinski definition) is 4. The van der Waals surface area contributed by atoms with Crippen molar-refractivity contribution in [1.82, 2.24) is 15.1 Å². The van der Waals surface area contributed by atoms with Crippen molar-refractivity contribution in [2.75, 3.05) is 32.7 Å². The van der Waals surface area contributed by atoms with Crippen LogP contribution in [0.1, 0.15) is 13.3 Å². The number of urea groups is 1. The Balaban J connectivity index is 2.24. The van der Waals surface area contributed by atoms with Gasteiger partial charge in [0.05, 0.1) is 0 Å². The lowest BCUT2D eigenvalue weighted by Crippen LogP contribution is -2.53.